The maximum absolute atomic E-state index is 12.4. The van der Waals surface area contributed by atoms with Crippen molar-refractivity contribution in [1.29, 1.82) is 0 Å². The summed E-state index contributed by atoms with van der Waals surface area (Å²) in [5.41, 5.74) is 6.55. The first-order valence-corrected chi connectivity index (χ1v) is 11.0. The van der Waals surface area contributed by atoms with Crippen LogP contribution in [0.4, 0.5) is 5.69 Å². The van der Waals surface area contributed by atoms with Gasteiger partial charge in [0.1, 0.15) is 11.5 Å². The van der Waals surface area contributed by atoms with Crippen molar-refractivity contribution in [3.05, 3.63) is 42.5 Å². The zero-order valence-corrected chi connectivity index (χ0v) is 18.5. The van der Waals surface area contributed by atoms with Crippen LogP contribution in [0.1, 0.15) is 0 Å². The van der Waals surface area contributed by atoms with Gasteiger partial charge in [0.2, 0.25) is 17.0 Å². The SMILES string of the molecule is COc1ccc(-c2nc(SCC(=O)Nc3ccccc3SCC(N)=O)n[nH]2)c(OC)c1. The van der Waals surface area contributed by atoms with Crippen molar-refractivity contribution in [2.24, 2.45) is 5.73 Å². The minimum Gasteiger partial charge on any atom is -0.497 e. The van der Waals surface area contributed by atoms with Crippen LogP contribution in [0.3, 0.4) is 0 Å². The lowest BCUT2D eigenvalue weighted by Gasteiger charge is -2.09. The third-order valence-corrected chi connectivity index (χ3v) is 5.94. The number of aromatic amines is 1. The van der Waals surface area contributed by atoms with Crippen LogP contribution in [0.2, 0.25) is 0 Å². The molecule has 0 aliphatic carbocycles. The molecule has 0 atom stereocenters. The second kappa shape index (κ2) is 10.7. The molecule has 2 amide bonds. The van der Waals surface area contributed by atoms with Gasteiger partial charge in [0.25, 0.3) is 0 Å². The average molecular weight is 460 g/mol. The van der Waals surface area contributed by atoms with Crippen LogP contribution in [0.25, 0.3) is 11.4 Å². The Bertz CT molecular complexity index is 1070. The zero-order chi connectivity index (χ0) is 22.2. The van der Waals surface area contributed by atoms with Gasteiger partial charge in [-0.3, -0.25) is 14.7 Å². The molecule has 0 aliphatic heterocycles. The number of anilines is 1. The number of hydrogen-bond donors (Lipinski definition) is 3. The highest BCUT2D eigenvalue weighted by Gasteiger charge is 2.14. The van der Waals surface area contributed by atoms with Gasteiger partial charge < -0.3 is 20.5 Å². The number of methoxy groups -OCH3 is 2. The van der Waals surface area contributed by atoms with Gasteiger partial charge in [0, 0.05) is 11.0 Å². The van der Waals surface area contributed by atoms with Crippen LogP contribution in [0.15, 0.2) is 52.5 Å². The van der Waals surface area contributed by atoms with Gasteiger partial charge in [-0.1, -0.05) is 23.9 Å². The summed E-state index contributed by atoms with van der Waals surface area (Å²) in [4.78, 5) is 28.6. The summed E-state index contributed by atoms with van der Waals surface area (Å²) in [7, 11) is 3.14. The molecule has 3 rings (SSSR count). The number of carbonyl (C=O) groups excluding carboxylic acids is 2. The number of thioether (sulfide) groups is 2. The van der Waals surface area contributed by atoms with Crippen molar-refractivity contribution >= 4 is 41.0 Å². The number of benzene rings is 2. The largest absolute Gasteiger partial charge is 0.497 e. The lowest BCUT2D eigenvalue weighted by molar-refractivity contribution is -0.115. The Morgan fingerprint density at radius 2 is 1.90 bits per heavy atom. The number of nitrogens with zero attached hydrogens (tertiary/aromatic N) is 2. The average Bonchev–Trinajstić information content (AvgIpc) is 3.25. The van der Waals surface area contributed by atoms with Gasteiger partial charge in [0.05, 0.1) is 37.0 Å². The third-order valence-electron chi connectivity index (χ3n) is 3.99. The molecule has 0 aliphatic rings. The molecular formula is C20H21N5O4S2. The van der Waals surface area contributed by atoms with Crippen molar-refractivity contribution in [3.8, 4) is 22.9 Å². The van der Waals surface area contributed by atoms with Gasteiger partial charge in [-0.05, 0) is 24.3 Å². The summed E-state index contributed by atoms with van der Waals surface area (Å²) in [5, 5.41) is 10.3. The molecule has 0 saturated carbocycles. The molecule has 0 saturated heterocycles. The number of hydrogen-bond acceptors (Lipinski definition) is 8. The van der Waals surface area contributed by atoms with Gasteiger partial charge in [-0.15, -0.1) is 16.9 Å². The number of aromatic nitrogens is 3. The van der Waals surface area contributed by atoms with E-state index in [-0.39, 0.29) is 17.4 Å². The number of H-pyrrole nitrogens is 1. The minimum absolute atomic E-state index is 0.117. The van der Waals surface area contributed by atoms with Gasteiger partial charge in [-0.25, -0.2) is 4.98 Å². The zero-order valence-electron chi connectivity index (χ0n) is 16.9. The molecule has 31 heavy (non-hydrogen) atoms. The first-order valence-electron chi connectivity index (χ1n) is 9.07. The van der Waals surface area contributed by atoms with E-state index in [1.165, 1.54) is 23.5 Å². The number of carbonyl (C=O) groups is 2. The standard InChI is InChI=1S/C20H21N5O4S2/c1-28-12-7-8-13(15(9-12)29-2)19-23-20(25-24-19)31-11-18(27)22-14-5-3-4-6-16(14)30-10-17(21)26/h3-9H,10-11H2,1-2H3,(H2,21,26)(H,22,27)(H,23,24,25). The molecule has 0 radical (unpaired) electrons. The van der Waals surface area contributed by atoms with Crippen molar-refractivity contribution in [2.75, 3.05) is 31.0 Å². The fourth-order valence-electron chi connectivity index (χ4n) is 2.59. The monoisotopic (exact) mass is 459 g/mol. The Balaban J connectivity index is 1.61. The van der Waals surface area contributed by atoms with E-state index < -0.39 is 5.91 Å². The molecule has 2 aromatic carbocycles. The number of para-hydroxylation sites is 1. The topological polar surface area (TPSA) is 132 Å². The van der Waals surface area contributed by atoms with Crippen LogP contribution in [-0.4, -0.2) is 52.7 Å². The summed E-state index contributed by atoms with van der Waals surface area (Å²) in [6.07, 6.45) is 0. The number of primary amides is 1. The highest BCUT2D eigenvalue weighted by Crippen LogP contribution is 2.32. The molecule has 0 bridgehead atoms. The fourth-order valence-corrected chi connectivity index (χ4v) is 3.93. The molecule has 11 heteroatoms. The molecule has 4 N–H and O–H groups in total. The second-order valence-electron chi connectivity index (χ2n) is 6.12. The molecule has 0 unspecified atom stereocenters. The Kier molecular flexibility index (Phi) is 7.79. The van der Waals surface area contributed by atoms with Crippen LogP contribution in [-0.2, 0) is 9.59 Å². The van der Waals surface area contributed by atoms with E-state index in [1.807, 2.05) is 18.2 Å². The maximum Gasteiger partial charge on any atom is 0.234 e. The molecule has 1 heterocycles. The Hall–Kier alpha value is -3.18. The van der Waals surface area contributed by atoms with Crippen LogP contribution < -0.4 is 20.5 Å². The number of amides is 2. The van der Waals surface area contributed by atoms with Crippen molar-refractivity contribution in [3.63, 3.8) is 0 Å². The Labute approximate surface area is 187 Å². The van der Waals surface area contributed by atoms with E-state index in [0.29, 0.717) is 28.2 Å². The Morgan fingerprint density at radius 1 is 1.10 bits per heavy atom. The Morgan fingerprint density at radius 3 is 2.65 bits per heavy atom. The third kappa shape index (κ3) is 6.15. The summed E-state index contributed by atoms with van der Waals surface area (Å²) >= 11 is 2.47. The smallest absolute Gasteiger partial charge is 0.234 e. The van der Waals surface area contributed by atoms with E-state index in [0.717, 1.165) is 10.5 Å². The first-order chi connectivity index (χ1) is 15.0. The summed E-state index contributed by atoms with van der Waals surface area (Å²) in [6, 6.07) is 12.6. The van der Waals surface area contributed by atoms with Crippen LogP contribution >= 0.6 is 23.5 Å². The molecular weight excluding hydrogens is 438 g/mol. The lowest BCUT2D eigenvalue weighted by Crippen LogP contribution is -2.16. The molecule has 3 aromatic rings. The molecule has 9 nitrogen and oxygen atoms in total. The van der Waals surface area contributed by atoms with E-state index in [4.69, 9.17) is 15.2 Å². The molecule has 1 aromatic heterocycles. The number of rotatable bonds is 10. The number of nitrogens with two attached hydrogens (primary N) is 1. The second-order valence-corrected chi connectivity index (χ2v) is 8.08. The highest BCUT2D eigenvalue weighted by atomic mass is 32.2. The van der Waals surface area contributed by atoms with Crippen LogP contribution in [0, 0.1) is 0 Å². The summed E-state index contributed by atoms with van der Waals surface area (Å²) in [5.74, 6) is 1.40. The minimum atomic E-state index is -0.421. The number of ether oxygens (including phenoxy) is 2. The van der Waals surface area contributed by atoms with Crippen molar-refractivity contribution < 1.29 is 19.1 Å². The van der Waals surface area contributed by atoms with E-state index >= 15 is 0 Å². The van der Waals surface area contributed by atoms with E-state index in [9.17, 15) is 9.59 Å². The van der Waals surface area contributed by atoms with E-state index in [2.05, 4.69) is 20.5 Å². The highest BCUT2D eigenvalue weighted by molar-refractivity contribution is 8.00. The van der Waals surface area contributed by atoms with Gasteiger partial charge in [-0.2, -0.15) is 0 Å². The molecule has 0 fully saturated rings. The summed E-state index contributed by atoms with van der Waals surface area (Å²) < 4.78 is 10.6. The predicted octanol–water partition coefficient (Wildman–Crippen LogP) is 2.80. The fraction of sp³-hybridized carbons (Fsp3) is 0.200. The maximum atomic E-state index is 12.4. The number of nitrogens with one attached hydrogen (secondary N) is 2. The quantitative estimate of drug-likeness (QED) is 0.394. The summed E-state index contributed by atoms with van der Waals surface area (Å²) in [6.45, 7) is 0. The van der Waals surface area contributed by atoms with Crippen molar-refractivity contribution in [1.82, 2.24) is 15.2 Å². The van der Waals surface area contributed by atoms with Crippen molar-refractivity contribution in [2.45, 2.75) is 10.1 Å². The van der Waals surface area contributed by atoms with Gasteiger partial charge in [0.15, 0.2) is 5.82 Å². The first kappa shape index (κ1) is 22.5. The normalized spacial score (nSPS) is 10.5. The van der Waals surface area contributed by atoms with E-state index in [1.54, 1.807) is 38.5 Å². The molecule has 0 spiro atoms. The van der Waals surface area contributed by atoms with Crippen LogP contribution in [0.5, 0.6) is 11.5 Å². The molecule has 162 valence electrons. The lowest BCUT2D eigenvalue weighted by atomic mass is 10.2. The van der Waals surface area contributed by atoms with Gasteiger partial charge >= 0.3 is 0 Å². The predicted molar refractivity (Wildman–Crippen MR) is 121 cm³/mol.